The van der Waals surface area contributed by atoms with Gasteiger partial charge in [-0.05, 0) is 46.7 Å². The number of aliphatic carboxylic acids is 1. The summed E-state index contributed by atoms with van der Waals surface area (Å²) in [6.07, 6.45) is 0.0251. The molecular weight excluding hydrogens is 468 g/mol. The maximum atomic E-state index is 13.3. The lowest BCUT2D eigenvalue weighted by Gasteiger charge is -2.34. The smallest absolute Gasteiger partial charge is 0.374 e. The van der Waals surface area contributed by atoms with Gasteiger partial charge in [-0.3, -0.25) is 14.4 Å². The third-order valence-corrected chi connectivity index (χ3v) is 6.96. The molecule has 0 spiro atoms. The van der Waals surface area contributed by atoms with Crippen LogP contribution in [0.4, 0.5) is 0 Å². The van der Waals surface area contributed by atoms with Crippen molar-refractivity contribution in [1.29, 1.82) is 0 Å². The van der Waals surface area contributed by atoms with Gasteiger partial charge >= 0.3 is 5.97 Å². The van der Waals surface area contributed by atoms with Gasteiger partial charge in [0.15, 0.2) is 0 Å². The van der Waals surface area contributed by atoms with Crippen LogP contribution in [0.25, 0.3) is 5.70 Å². The van der Waals surface area contributed by atoms with Gasteiger partial charge in [0.25, 0.3) is 5.78 Å². The van der Waals surface area contributed by atoms with Crippen LogP contribution in [-0.4, -0.2) is 58.5 Å². The van der Waals surface area contributed by atoms with E-state index in [0.29, 0.717) is 17.0 Å². The van der Waals surface area contributed by atoms with Crippen LogP contribution < -0.4 is 10.1 Å². The van der Waals surface area contributed by atoms with Gasteiger partial charge < -0.3 is 20.1 Å². The zero-order valence-corrected chi connectivity index (χ0v) is 20.6. The summed E-state index contributed by atoms with van der Waals surface area (Å²) >= 11 is 1.40. The van der Waals surface area contributed by atoms with Gasteiger partial charge in [0.2, 0.25) is 11.8 Å². The van der Waals surface area contributed by atoms with E-state index in [-0.39, 0.29) is 30.0 Å². The van der Waals surface area contributed by atoms with Crippen molar-refractivity contribution in [2.24, 2.45) is 5.92 Å². The maximum absolute atomic E-state index is 13.3. The third-order valence-electron chi connectivity index (χ3n) is 5.56. The molecular formula is C26H28N2O6S. The van der Waals surface area contributed by atoms with Crippen LogP contribution in [0.2, 0.25) is 0 Å². The molecule has 0 saturated heterocycles. The first-order chi connectivity index (χ1) is 16.7. The fraction of sp³-hybridized carbons (Fsp3) is 0.308. The molecule has 9 heteroatoms. The summed E-state index contributed by atoms with van der Waals surface area (Å²) < 4.78 is 5.20. The fourth-order valence-electron chi connectivity index (χ4n) is 3.71. The van der Waals surface area contributed by atoms with Crippen LogP contribution >= 0.6 is 11.8 Å². The van der Waals surface area contributed by atoms with E-state index in [1.165, 1.54) is 16.7 Å². The number of carboxylic acids is 1. The minimum absolute atomic E-state index is 0.0251. The molecule has 35 heavy (non-hydrogen) atoms. The molecule has 2 aromatic rings. The Balaban J connectivity index is 1.84. The van der Waals surface area contributed by atoms with E-state index >= 15 is 0 Å². The second kappa shape index (κ2) is 11.7. The van der Waals surface area contributed by atoms with E-state index < -0.39 is 23.7 Å². The van der Waals surface area contributed by atoms with Crippen LogP contribution in [0, 0.1) is 5.92 Å². The zero-order valence-electron chi connectivity index (χ0n) is 19.8. The number of nitrogens with one attached hydrogen (secondary N) is 1. The number of carbonyl (C=O) groups is 4. The number of Topliss-reactive ketones (excluding diaryl/α,β-unsaturated/α-hetero) is 1. The molecule has 3 rings (SSSR count). The largest absolute Gasteiger partial charge is 0.497 e. The first-order valence-corrected chi connectivity index (χ1v) is 12.1. The zero-order chi connectivity index (χ0) is 25.5. The molecule has 184 valence electrons. The lowest BCUT2D eigenvalue weighted by Crippen LogP contribution is -2.51. The van der Waals surface area contributed by atoms with Crippen LogP contribution in [0.3, 0.4) is 0 Å². The summed E-state index contributed by atoms with van der Waals surface area (Å²) in [5.41, 5.74) is 1.99. The SMILES string of the molecule is COc1ccc(C2=CSC(C(C)C)C(=O)N2CC(=O)N[C@@H](Cc2ccccc2)C(=O)C(=O)O)cc1. The Labute approximate surface area is 208 Å². The predicted octanol–water partition coefficient (Wildman–Crippen LogP) is 2.97. The number of hydrogen-bond donors (Lipinski definition) is 2. The van der Waals surface area contributed by atoms with E-state index in [9.17, 15) is 24.3 Å². The van der Waals surface area contributed by atoms with E-state index in [2.05, 4.69) is 5.32 Å². The standard InChI is InChI=1S/C26H28N2O6S/c1-16(2)24-25(31)28(21(15-35-24)18-9-11-19(34-3)12-10-18)14-22(29)27-20(23(30)26(32)33)13-17-7-5-4-6-8-17/h4-12,15-16,20,24H,13-14H2,1-3H3,(H,27,29)(H,32,33)/t20-,24?/m0/s1. The van der Waals surface area contributed by atoms with Gasteiger partial charge in [0.1, 0.15) is 18.3 Å². The quantitative estimate of drug-likeness (QED) is 0.486. The summed E-state index contributed by atoms with van der Waals surface area (Å²) in [6, 6.07) is 14.7. The van der Waals surface area contributed by atoms with Gasteiger partial charge in [-0.1, -0.05) is 44.2 Å². The van der Waals surface area contributed by atoms with Crippen molar-refractivity contribution in [2.45, 2.75) is 31.6 Å². The molecule has 0 radical (unpaired) electrons. The minimum Gasteiger partial charge on any atom is -0.497 e. The minimum atomic E-state index is -1.63. The van der Waals surface area contributed by atoms with E-state index in [4.69, 9.17) is 4.74 Å². The van der Waals surface area contributed by atoms with Gasteiger partial charge in [-0.15, -0.1) is 11.8 Å². The van der Waals surface area contributed by atoms with Crippen LogP contribution in [-0.2, 0) is 25.6 Å². The number of benzene rings is 2. The Morgan fingerprint density at radius 2 is 1.74 bits per heavy atom. The molecule has 2 N–H and O–H groups in total. The monoisotopic (exact) mass is 496 g/mol. The molecule has 1 unspecified atom stereocenters. The van der Waals surface area contributed by atoms with Gasteiger partial charge in [0, 0.05) is 6.42 Å². The van der Waals surface area contributed by atoms with Gasteiger partial charge in [0.05, 0.1) is 18.1 Å². The van der Waals surface area contributed by atoms with Crippen molar-refractivity contribution in [3.05, 3.63) is 71.1 Å². The molecule has 2 aromatic carbocycles. The highest BCUT2D eigenvalue weighted by atomic mass is 32.2. The van der Waals surface area contributed by atoms with E-state index in [0.717, 1.165) is 5.56 Å². The van der Waals surface area contributed by atoms with Gasteiger partial charge in [-0.2, -0.15) is 0 Å². The third kappa shape index (κ3) is 6.51. The summed E-state index contributed by atoms with van der Waals surface area (Å²) in [6.45, 7) is 3.52. The molecule has 0 fully saturated rings. The Morgan fingerprint density at radius 3 is 2.31 bits per heavy atom. The molecule has 1 aliphatic heterocycles. The first-order valence-electron chi connectivity index (χ1n) is 11.1. The molecule has 2 amide bonds. The Bertz CT molecular complexity index is 1110. The first kappa shape index (κ1) is 26.0. The second-order valence-corrected chi connectivity index (χ2v) is 9.45. The number of amides is 2. The molecule has 1 aliphatic rings. The van der Waals surface area contributed by atoms with Crippen molar-refractivity contribution < 1.29 is 29.0 Å². The highest BCUT2D eigenvalue weighted by molar-refractivity contribution is 8.03. The average molecular weight is 497 g/mol. The number of carbonyl (C=O) groups excluding carboxylic acids is 3. The van der Waals surface area contributed by atoms with E-state index in [1.54, 1.807) is 61.7 Å². The van der Waals surface area contributed by atoms with Crippen molar-refractivity contribution in [2.75, 3.05) is 13.7 Å². The highest BCUT2D eigenvalue weighted by Gasteiger charge is 2.35. The second-order valence-electron chi connectivity index (χ2n) is 8.44. The number of nitrogens with zero attached hydrogens (tertiary/aromatic N) is 1. The lowest BCUT2D eigenvalue weighted by atomic mass is 10.0. The predicted molar refractivity (Wildman–Crippen MR) is 134 cm³/mol. The number of ketones is 1. The van der Waals surface area contributed by atoms with Gasteiger partial charge in [-0.25, -0.2) is 4.79 Å². The molecule has 8 nitrogen and oxygen atoms in total. The topological polar surface area (TPSA) is 113 Å². The van der Waals surface area contributed by atoms with Crippen LogP contribution in [0.15, 0.2) is 60.0 Å². The molecule has 2 atom stereocenters. The molecule has 0 bridgehead atoms. The average Bonchev–Trinajstić information content (AvgIpc) is 2.84. The fourth-order valence-corrected chi connectivity index (χ4v) is 4.81. The lowest BCUT2D eigenvalue weighted by molar-refractivity contribution is -0.150. The number of thioether (sulfide) groups is 1. The number of rotatable bonds is 10. The number of hydrogen-bond acceptors (Lipinski definition) is 6. The molecule has 0 aliphatic carbocycles. The van der Waals surface area contributed by atoms with Crippen LogP contribution in [0.5, 0.6) is 5.75 Å². The summed E-state index contributed by atoms with van der Waals surface area (Å²) in [5, 5.41) is 13.3. The molecule has 0 saturated carbocycles. The summed E-state index contributed by atoms with van der Waals surface area (Å²) in [5.74, 6) is -2.90. The Kier molecular flexibility index (Phi) is 8.70. The Morgan fingerprint density at radius 1 is 1.09 bits per heavy atom. The summed E-state index contributed by atoms with van der Waals surface area (Å²) in [4.78, 5) is 51.4. The van der Waals surface area contributed by atoms with Crippen molar-refractivity contribution in [1.82, 2.24) is 10.2 Å². The van der Waals surface area contributed by atoms with Crippen molar-refractivity contribution in [3.8, 4) is 5.75 Å². The number of carboxylic acid groups (broad SMARTS) is 1. The number of ether oxygens (including phenoxy) is 1. The molecule has 1 heterocycles. The maximum Gasteiger partial charge on any atom is 0.374 e. The van der Waals surface area contributed by atoms with Crippen molar-refractivity contribution in [3.63, 3.8) is 0 Å². The molecule has 0 aromatic heterocycles. The number of methoxy groups -OCH3 is 1. The summed E-state index contributed by atoms with van der Waals surface area (Å²) in [7, 11) is 1.56. The van der Waals surface area contributed by atoms with Crippen molar-refractivity contribution >= 4 is 41.0 Å². The normalized spacial score (nSPS) is 16.5. The highest BCUT2D eigenvalue weighted by Crippen LogP contribution is 2.35. The van der Waals surface area contributed by atoms with E-state index in [1.807, 2.05) is 19.3 Å². The van der Waals surface area contributed by atoms with Crippen LogP contribution in [0.1, 0.15) is 25.0 Å². The Hall–Kier alpha value is -3.59.